The van der Waals surface area contributed by atoms with Gasteiger partial charge in [-0.05, 0) is 45.5 Å². The molecular formula is C15H24ClN3. The number of para-hydroxylation sites is 1. The first kappa shape index (κ1) is 14.6. The van der Waals surface area contributed by atoms with Crippen LogP contribution in [0.4, 0.5) is 5.69 Å². The summed E-state index contributed by atoms with van der Waals surface area (Å²) in [5, 5.41) is 0.845. The second kappa shape index (κ2) is 6.12. The molecule has 0 bridgehead atoms. The highest BCUT2D eigenvalue weighted by atomic mass is 35.5. The molecule has 1 heterocycles. The van der Waals surface area contributed by atoms with Crippen molar-refractivity contribution in [1.29, 1.82) is 0 Å². The molecule has 1 aliphatic rings. The van der Waals surface area contributed by atoms with E-state index in [9.17, 15) is 0 Å². The minimum absolute atomic E-state index is 0.157. The highest BCUT2D eigenvalue weighted by Gasteiger charge is 2.26. The number of hydrogen-bond acceptors (Lipinski definition) is 3. The second-order valence-electron chi connectivity index (χ2n) is 5.78. The molecule has 2 rings (SSSR count). The Balaban J connectivity index is 2.24. The number of nitrogens with zero attached hydrogens (tertiary/aromatic N) is 2. The lowest BCUT2D eigenvalue weighted by Crippen LogP contribution is -2.32. The van der Waals surface area contributed by atoms with E-state index in [2.05, 4.69) is 30.0 Å². The minimum Gasteiger partial charge on any atom is -0.368 e. The second-order valence-corrected chi connectivity index (χ2v) is 6.19. The van der Waals surface area contributed by atoms with Crippen molar-refractivity contribution in [2.45, 2.75) is 31.8 Å². The number of hydrogen-bond donors (Lipinski definition) is 1. The van der Waals surface area contributed by atoms with E-state index in [-0.39, 0.29) is 6.04 Å². The summed E-state index contributed by atoms with van der Waals surface area (Å²) in [6.07, 6.45) is 2.06. The Kier molecular flexibility index (Phi) is 4.71. The van der Waals surface area contributed by atoms with Gasteiger partial charge in [0.15, 0.2) is 0 Å². The predicted octanol–water partition coefficient (Wildman–Crippen LogP) is 2.37. The average molecular weight is 282 g/mol. The van der Waals surface area contributed by atoms with Crippen LogP contribution in [-0.2, 0) is 6.42 Å². The van der Waals surface area contributed by atoms with Crippen LogP contribution in [0.1, 0.15) is 18.9 Å². The van der Waals surface area contributed by atoms with Gasteiger partial charge in [-0.3, -0.25) is 0 Å². The van der Waals surface area contributed by atoms with E-state index in [0.29, 0.717) is 6.04 Å². The summed E-state index contributed by atoms with van der Waals surface area (Å²) >= 11 is 6.42. The quantitative estimate of drug-likeness (QED) is 0.920. The molecule has 0 amide bonds. The van der Waals surface area contributed by atoms with Crippen LogP contribution in [0, 0.1) is 0 Å². The van der Waals surface area contributed by atoms with E-state index >= 15 is 0 Å². The van der Waals surface area contributed by atoms with Crippen molar-refractivity contribution in [2.75, 3.05) is 32.1 Å². The summed E-state index contributed by atoms with van der Waals surface area (Å²) in [5.74, 6) is 0. The summed E-state index contributed by atoms with van der Waals surface area (Å²) in [4.78, 5) is 4.70. The van der Waals surface area contributed by atoms with Crippen LogP contribution in [0.15, 0.2) is 18.2 Å². The van der Waals surface area contributed by atoms with E-state index in [4.69, 9.17) is 17.3 Å². The topological polar surface area (TPSA) is 32.5 Å². The molecule has 106 valence electrons. The monoisotopic (exact) mass is 281 g/mol. The Bertz CT molecular complexity index is 431. The van der Waals surface area contributed by atoms with Gasteiger partial charge in [-0.1, -0.05) is 23.7 Å². The Morgan fingerprint density at radius 1 is 1.47 bits per heavy atom. The fraction of sp³-hybridized carbons (Fsp3) is 0.600. The number of anilines is 1. The fourth-order valence-electron chi connectivity index (χ4n) is 2.79. The van der Waals surface area contributed by atoms with Crippen molar-refractivity contribution in [2.24, 2.45) is 5.73 Å². The van der Waals surface area contributed by atoms with Gasteiger partial charge in [0.1, 0.15) is 0 Å². The zero-order chi connectivity index (χ0) is 14.0. The Morgan fingerprint density at radius 2 is 2.21 bits per heavy atom. The lowest BCUT2D eigenvalue weighted by Gasteiger charge is -2.25. The molecule has 19 heavy (non-hydrogen) atoms. The van der Waals surface area contributed by atoms with Crippen molar-refractivity contribution >= 4 is 17.3 Å². The van der Waals surface area contributed by atoms with Crippen LogP contribution in [-0.4, -0.2) is 44.2 Å². The van der Waals surface area contributed by atoms with Crippen molar-refractivity contribution in [1.82, 2.24) is 4.90 Å². The van der Waals surface area contributed by atoms with Gasteiger partial charge >= 0.3 is 0 Å². The van der Waals surface area contributed by atoms with Crippen LogP contribution in [0.3, 0.4) is 0 Å². The zero-order valence-electron chi connectivity index (χ0n) is 12.1. The Morgan fingerprint density at radius 3 is 2.79 bits per heavy atom. The highest BCUT2D eigenvalue weighted by molar-refractivity contribution is 6.33. The molecule has 1 saturated heterocycles. The van der Waals surface area contributed by atoms with E-state index in [1.165, 1.54) is 17.7 Å². The average Bonchev–Trinajstić information content (AvgIpc) is 2.77. The summed E-state index contributed by atoms with van der Waals surface area (Å²) in [5.41, 5.74) is 8.40. The van der Waals surface area contributed by atoms with E-state index in [1.54, 1.807) is 0 Å². The molecule has 3 nitrogen and oxygen atoms in total. The molecule has 0 aliphatic carbocycles. The molecule has 1 aromatic rings. The van der Waals surface area contributed by atoms with Crippen LogP contribution in [0.2, 0.25) is 5.02 Å². The first-order chi connectivity index (χ1) is 8.99. The number of likely N-dealkylation sites (N-methyl/N-ethyl adjacent to an activating group) is 1. The van der Waals surface area contributed by atoms with E-state index in [1.807, 2.05) is 19.1 Å². The Labute approximate surface area is 121 Å². The molecule has 1 aliphatic heterocycles. The van der Waals surface area contributed by atoms with Gasteiger partial charge in [-0.15, -0.1) is 0 Å². The molecule has 1 fully saturated rings. The van der Waals surface area contributed by atoms with Gasteiger partial charge in [-0.25, -0.2) is 0 Å². The first-order valence-corrected chi connectivity index (χ1v) is 7.31. The largest absolute Gasteiger partial charge is 0.368 e. The Hall–Kier alpha value is -0.770. The molecule has 4 heteroatoms. The molecule has 2 N–H and O–H groups in total. The lowest BCUT2D eigenvalue weighted by molar-refractivity contribution is 0.315. The van der Waals surface area contributed by atoms with Crippen molar-refractivity contribution in [3.63, 3.8) is 0 Å². The molecule has 0 aromatic heterocycles. The van der Waals surface area contributed by atoms with Crippen LogP contribution in [0.25, 0.3) is 0 Å². The molecule has 1 aromatic carbocycles. The smallest absolute Gasteiger partial charge is 0.0642 e. The fourth-order valence-corrected chi connectivity index (χ4v) is 3.11. The predicted molar refractivity (Wildman–Crippen MR) is 83.1 cm³/mol. The van der Waals surface area contributed by atoms with Crippen LogP contribution >= 0.6 is 11.6 Å². The van der Waals surface area contributed by atoms with Gasteiger partial charge in [0, 0.05) is 25.2 Å². The lowest BCUT2D eigenvalue weighted by atomic mass is 10.0. The maximum absolute atomic E-state index is 6.42. The SMILES string of the molecule is CC(N)Cc1cccc(Cl)c1N1CCC(N(C)C)C1. The highest BCUT2D eigenvalue weighted by Crippen LogP contribution is 2.33. The van der Waals surface area contributed by atoms with Gasteiger partial charge in [0.25, 0.3) is 0 Å². The number of halogens is 1. The third-order valence-corrected chi connectivity index (χ3v) is 4.13. The maximum Gasteiger partial charge on any atom is 0.0642 e. The molecule has 0 radical (unpaired) electrons. The summed E-state index contributed by atoms with van der Waals surface area (Å²) < 4.78 is 0. The van der Waals surface area contributed by atoms with Crippen LogP contribution in [0.5, 0.6) is 0 Å². The maximum atomic E-state index is 6.42. The van der Waals surface area contributed by atoms with Crippen molar-refractivity contribution in [3.8, 4) is 0 Å². The number of benzene rings is 1. The zero-order valence-corrected chi connectivity index (χ0v) is 12.8. The first-order valence-electron chi connectivity index (χ1n) is 6.93. The number of nitrogens with two attached hydrogens (primary N) is 1. The third-order valence-electron chi connectivity index (χ3n) is 3.82. The summed E-state index contributed by atoms with van der Waals surface area (Å²) in [7, 11) is 4.28. The molecule has 0 spiro atoms. The van der Waals surface area contributed by atoms with Crippen molar-refractivity contribution in [3.05, 3.63) is 28.8 Å². The van der Waals surface area contributed by atoms with Gasteiger partial charge < -0.3 is 15.5 Å². The van der Waals surface area contributed by atoms with Crippen molar-refractivity contribution < 1.29 is 0 Å². The normalized spacial score (nSPS) is 21.2. The van der Waals surface area contributed by atoms with E-state index in [0.717, 1.165) is 24.5 Å². The third kappa shape index (κ3) is 3.41. The molecule has 0 saturated carbocycles. The standard InChI is InChI=1S/C15H24ClN3/c1-11(17)9-12-5-4-6-14(16)15(12)19-8-7-13(10-19)18(2)3/h4-6,11,13H,7-10,17H2,1-3H3. The molecular weight excluding hydrogens is 258 g/mol. The minimum atomic E-state index is 0.157. The van der Waals surface area contributed by atoms with Gasteiger partial charge in [0.05, 0.1) is 10.7 Å². The number of rotatable bonds is 4. The molecule has 2 atom stereocenters. The summed E-state index contributed by atoms with van der Waals surface area (Å²) in [6.45, 7) is 4.15. The summed E-state index contributed by atoms with van der Waals surface area (Å²) in [6, 6.07) is 6.91. The van der Waals surface area contributed by atoms with Crippen LogP contribution < -0.4 is 10.6 Å². The molecule has 2 unspecified atom stereocenters. The van der Waals surface area contributed by atoms with Gasteiger partial charge in [-0.2, -0.15) is 0 Å². The van der Waals surface area contributed by atoms with Gasteiger partial charge in [0.2, 0.25) is 0 Å². The van der Waals surface area contributed by atoms with E-state index < -0.39 is 0 Å².